The zero-order chi connectivity index (χ0) is 13.0. The van der Waals surface area contributed by atoms with Crippen LogP contribution in [-0.4, -0.2) is 27.1 Å². The Balaban J connectivity index is 1.75. The van der Waals surface area contributed by atoms with Crippen molar-refractivity contribution in [1.82, 2.24) is 15.5 Å². The predicted molar refractivity (Wildman–Crippen MR) is 59.2 cm³/mol. The highest BCUT2D eigenvalue weighted by Gasteiger charge is 2.29. The van der Waals surface area contributed by atoms with Crippen molar-refractivity contribution in [2.45, 2.75) is 32.2 Å². The fraction of sp³-hybridized carbons (Fsp3) is 0.636. The Labute approximate surface area is 104 Å². The lowest BCUT2D eigenvalue weighted by molar-refractivity contribution is -0.144. The molecule has 1 amide bonds. The normalized spacial score (nSPS) is 23.6. The molecule has 1 aromatic heterocycles. The van der Waals surface area contributed by atoms with Crippen molar-refractivity contribution in [2.75, 3.05) is 0 Å². The first-order valence-corrected chi connectivity index (χ1v) is 5.92. The molecule has 1 aromatic rings. The molecule has 7 nitrogen and oxygen atoms in total. The largest absolute Gasteiger partial charge is 0.481 e. The van der Waals surface area contributed by atoms with Crippen molar-refractivity contribution in [3.8, 4) is 0 Å². The Kier molecular flexibility index (Phi) is 3.91. The molecule has 1 aliphatic rings. The number of carbonyl (C=O) groups excluding carboxylic acids is 1. The summed E-state index contributed by atoms with van der Waals surface area (Å²) in [6, 6.07) is 0. The monoisotopic (exact) mass is 253 g/mol. The minimum atomic E-state index is -0.763. The lowest BCUT2D eigenvalue weighted by atomic mass is 9.81. The maximum atomic E-state index is 11.8. The van der Waals surface area contributed by atoms with E-state index in [9.17, 15) is 9.59 Å². The van der Waals surface area contributed by atoms with Crippen LogP contribution < -0.4 is 5.32 Å². The van der Waals surface area contributed by atoms with Crippen molar-refractivity contribution in [1.29, 1.82) is 0 Å². The molecule has 0 aromatic carbocycles. The second-order valence-electron chi connectivity index (χ2n) is 4.45. The van der Waals surface area contributed by atoms with Gasteiger partial charge in [-0.25, -0.2) is 0 Å². The minimum Gasteiger partial charge on any atom is -0.481 e. The van der Waals surface area contributed by atoms with Crippen molar-refractivity contribution >= 4 is 11.9 Å². The molecule has 0 atom stereocenters. The van der Waals surface area contributed by atoms with Crippen LogP contribution in [0.1, 0.15) is 31.5 Å². The van der Waals surface area contributed by atoms with E-state index in [1.54, 1.807) is 0 Å². The average Bonchev–Trinajstić information content (AvgIpc) is 2.89. The Hall–Kier alpha value is -1.92. The molecule has 0 bridgehead atoms. The van der Waals surface area contributed by atoms with Crippen LogP contribution in [0.5, 0.6) is 0 Å². The van der Waals surface area contributed by atoms with Crippen LogP contribution in [0.4, 0.5) is 0 Å². The molecule has 7 heteroatoms. The van der Waals surface area contributed by atoms with E-state index < -0.39 is 5.97 Å². The van der Waals surface area contributed by atoms with Gasteiger partial charge in [-0.1, -0.05) is 5.16 Å². The van der Waals surface area contributed by atoms with Crippen molar-refractivity contribution in [3.05, 3.63) is 12.2 Å². The molecule has 2 N–H and O–H groups in total. The Morgan fingerprint density at radius 3 is 2.56 bits per heavy atom. The number of carboxylic acids is 1. The van der Waals surface area contributed by atoms with Crippen molar-refractivity contribution in [2.24, 2.45) is 11.8 Å². The number of carbonyl (C=O) groups is 2. The SMILES string of the molecule is O=C(O)C1CCC(C(=O)NCc2ncon2)CC1. The van der Waals surface area contributed by atoms with E-state index in [1.807, 2.05) is 0 Å². The number of carboxylic acid groups (broad SMARTS) is 1. The van der Waals surface area contributed by atoms with Crippen molar-refractivity contribution < 1.29 is 19.2 Å². The minimum absolute atomic E-state index is 0.0661. The molecule has 0 spiro atoms. The topological polar surface area (TPSA) is 105 Å². The van der Waals surface area contributed by atoms with E-state index in [0.717, 1.165) is 0 Å². The van der Waals surface area contributed by atoms with Gasteiger partial charge in [0.2, 0.25) is 12.3 Å². The van der Waals surface area contributed by atoms with E-state index in [2.05, 4.69) is 20.0 Å². The molecule has 1 fully saturated rings. The van der Waals surface area contributed by atoms with Crippen LogP contribution in [-0.2, 0) is 16.1 Å². The summed E-state index contributed by atoms with van der Waals surface area (Å²) in [5.74, 6) is -0.800. The fourth-order valence-corrected chi connectivity index (χ4v) is 2.18. The summed E-state index contributed by atoms with van der Waals surface area (Å²) >= 11 is 0. The molecular weight excluding hydrogens is 238 g/mol. The van der Waals surface area contributed by atoms with Gasteiger partial charge in [0, 0.05) is 5.92 Å². The highest BCUT2D eigenvalue weighted by Crippen LogP contribution is 2.28. The van der Waals surface area contributed by atoms with E-state index in [1.165, 1.54) is 6.39 Å². The summed E-state index contributed by atoms with van der Waals surface area (Å²) in [5.41, 5.74) is 0. The average molecular weight is 253 g/mol. The summed E-state index contributed by atoms with van der Waals surface area (Å²) in [6.07, 6.45) is 3.58. The second kappa shape index (κ2) is 5.61. The van der Waals surface area contributed by atoms with Gasteiger partial charge in [0.05, 0.1) is 12.5 Å². The first-order valence-electron chi connectivity index (χ1n) is 5.92. The molecule has 1 saturated carbocycles. The van der Waals surface area contributed by atoms with Gasteiger partial charge in [0.15, 0.2) is 5.82 Å². The molecule has 0 radical (unpaired) electrons. The second-order valence-corrected chi connectivity index (χ2v) is 4.45. The highest BCUT2D eigenvalue weighted by atomic mass is 16.5. The summed E-state index contributed by atoms with van der Waals surface area (Å²) in [5, 5.41) is 15.2. The smallest absolute Gasteiger partial charge is 0.306 e. The van der Waals surface area contributed by atoms with E-state index in [0.29, 0.717) is 31.5 Å². The summed E-state index contributed by atoms with van der Waals surface area (Å²) in [6.45, 7) is 0.244. The van der Waals surface area contributed by atoms with Crippen LogP contribution in [0.25, 0.3) is 0 Å². The molecule has 18 heavy (non-hydrogen) atoms. The zero-order valence-corrected chi connectivity index (χ0v) is 9.83. The van der Waals surface area contributed by atoms with Crippen LogP contribution >= 0.6 is 0 Å². The van der Waals surface area contributed by atoms with Gasteiger partial charge < -0.3 is 14.9 Å². The lowest BCUT2D eigenvalue weighted by Gasteiger charge is -2.24. The van der Waals surface area contributed by atoms with Gasteiger partial charge in [-0.2, -0.15) is 4.98 Å². The van der Waals surface area contributed by atoms with Gasteiger partial charge in [-0.3, -0.25) is 9.59 Å². The van der Waals surface area contributed by atoms with E-state index in [4.69, 9.17) is 5.11 Å². The van der Waals surface area contributed by atoms with E-state index >= 15 is 0 Å². The summed E-state index contributed by atoms with van der Waals surface area (Å²) in [4.78, 5) is 26.4. The Bertz CT molecular complexity index is 410. The summed E-state index contributed by atoms with van der Waals surface area (Å²) < 4.78 is 4.56. The number of aliphatic carboxylic acids is 1. The lowest BCUT2D eigenvalue weighted by Crippen LogP contribution is -2.34. The molecule has 1 aliphatic carbocycles. The molecule has 0 unspecified atom stereocenters. The first kappa shape index (κ1) is 12.5. The van der Waals surface area contributed by atoms with Gasteiger partial charge in [0.1, 0.15) is 0 Å². The highest BCUT2D eigenvalue weighted by molar-refractivity contribution is 5.79. The van der Waals surface area contributed by atoms with E-state index in [-0.39, 0.29) is 24.3 Å². The number of aromatic nitrogens is 2. The predicted octanol–water partition coefficient (Wildman–Crippen LogP) is 0.577. The molecule has 2 rings (SSSR count). The van der Waals surface area contributed by atoms with Crippen LogP contribution in [0.15, 0.2) is 10.9 Å². The third-order valence-electron chi connectivity index (χ3n) is 3.27. The number of hydrogen-bond donors (Lipinski definition) is 2. The quantitative estimate of drug-likeness (QED) is 0.813. The number of nitrogens with zero attached hydrogens (tertiary/aromatic N) is 2. The molecular formula is C11H15N3O4. The number of rotatable bonds is 4. The number of nitrogens with one attached hydrogen (secondary N) is 1. The molecule has 1 heterocycles. The Morgan fingerprint density at radius 1 is 1.33 bits per heavy atom. The fourth-order valence-electron chi connectivity index (χ4n) is 2.18. The number of amides is 1. The van der Waals surface area contributed by atoms with Crippen molar-refractivity contribution in [3.63, 3.8) is 0 Å². The maximum Gasteiger partial charge on any atom is 0.306 e. The van der Waals surface area contributed by atoms with Crippen LogP contribution in [0, 0.1) is 11.8 Å². The zero-order valence-electron chi connectivity index (χ0n) is 9.83. The van der Waals surface area contributed by atoms with Gasteiger partial charge in [0.25, 0.3) is 0 Å². The van der Waals surface area contributed by atoms with Gasteiger partial charge >= 0.3 is 5.97 Å². The molecule has 98 valence electrons. The van der Waals surface area contributed by atoms with Gasteiger partial charge in [-0.05, 0) is 25.7 Å². The standard InChI is InChI=1S/C11H15N3O4/c15-10(12-5-9-13-6-18-14-9)7-1-3-8(4-2-7)11(16)17/h6-8H,1-5H2,(H,12,15)(H,16,17). The first-order chi connectivity index (χ1) is 8.66. The van der Waals surface area contributed by atoms with Crippen LogP contribution in [0.3, 0.4) is 0 Å². The Morgan fingerprint density at radius 2 is 2.00 bits per heavy atom. The molecule has 0 aliphatic heterocycles. The number of hydrogen-bond acceptors (Lipinski definition) is 5. The maximum absolute atomic E-state index is 11.8. The molecule has 0 saturated heterocycles. The third kappa shape index (κ3) is 3.06. The summed E-state index contributed by atoms with van der Waals surface area (Å²) in [7, 11) is 0. The van der Waals surface area contributed by atoms with Gasteiger partial charge in [-0.15, -0.1) is 0 Å². The van der Waals surface area contributed by atoms with Crippen LogP contribution in [0.2, 0.25) is 0 Å². The third-order valence-corrected chi connectivity index (χ3v) is 3.27.